The predicted octanol–water partition coefficient (Wildman–Crippen LogP) is 4.33. The monoisotopic (exact) mass is 328 g/mol. The van der Waals surface area contributed by atoms with E-state index in [9.17, 15) is 0 Å². The molecule has 0 amide bonds. The van der Waals surface area contributed by atoms with Crippen LogP contribution in [0.5, 0.6) is 0 Å². The summed E-state index contributed by atoms with van der Waals surface area (Å²) >= 11 is 0. The molecule has 0 atom stereocenters. The third kappa shape index (κ3) is 1.78. The standard InChI is InChI=1S/C14H23P.Pd/c1-5-13(6-2-11(1)9-13)15-14-7-3-12(10-14)4-8-14;/h11-12,15H,1-10H2;. The van der Waals surface area contributed by atoms with Crippen molar-refractivity contribution in [3.63, 3.8) is 0 Å². The molecule has 0 nitrogen and oxygen atoms in total. The van der Waals surface area contributed by atoms with Crippen molar-refractivity contribution in [2.24, 2.45) is 11.8 Å². The van der Waals surface area contributed by atoms with Crippen molar-refractivity contribution >= 4 is 8.58 Å². The van der Waals surface area contributed by atoms with E-state index in [0.717, 1.165) is 22.1 Å². The predicted molar refractivity (Wildman–Crippen MR) is 66.9 cm³/mol. The van der Waals surface area contributed by atoms with Crippen molar-refractivity contribution in [3.05, 3.63) is 0 Å². The molecule has 4 aliphatic rings. The summed E-state index contributed by atoms with van der Waals surface area (Å²) in [6.07, 6.45) is 16.1. The third-order valence-electron chi connectivity index (χ3n) is 6.01. The van der Waals surface area contributed by atoms with Crippen LogP contribution >= 0.6 is 8.58 Å². The molecule has 4 saturated carbocycles. The molecule has 0 unspecified atom stereocenters. The first kappa shape index (κ1) is 12.1. The first-order chi connectivity index (χ1) is 7.28. The van der Waals surface area contributed by atoms with Crippen LogP contribution in [0.15, 0.2) is 0 Å². The quantitative estimate of drug-likeness (QED) is 0.523. The minimum absolute atomic E-state index is 0. The van der Waals surface area contributed by atoms with Crippen LogP contribution in [-0.4, -0.2) is 10.3 Å². The number of hydrogen-bond acceptors (Lipinski definition) is 0. The van der Waals surface area contributed by atoms with Crippen LogP contribution in [0.2, 0.25) is 0 Å². The molecule has 4 rings (SSSR count). The van der Waals surface area contributed by atoms with Crippen LogP contribution in [0, 0.1) is 11.8 Å². The molecule has 0 radical (unpaired) electrons. The van der Waals surface area contributed by atoms with Gasteiger partial charge in [-0.2, -0.15) is 0 Å². The Hall–Kier alpha value is 1.09. The van der Waals surface area contributed by atoms with Gasteiger partial charge in [-0.05, 0) is 86.4 Å². The fraction of sp³-hybridized carbons (Fsp3) is 1.00. The zero-order valence-corrected chi connectivity index (χ0v) is 12.6. The fourth-order valence-corrected chi connectivity index (χ4v) is 8.28. The SMILES string of the molecule is C1CC2(PC34CCC(CC3)C4)CCC1C2.[Pd]. The molecule has 0 N–H and O–H groups in total. The Labute approximate surface area is 115 Å². The van der Waals surface area contributed by atoms with E-state index in [0.29, 0.717) is 0 Å². The van der Waals surface area contributed by atoms with Gasteiger partial charge in [-0.3, -0.25) is 0 Å². The Morgan fingerprint density at radius 2 is 1.06 bits per heavy atom. The van der Waals surface area contributed by atoms with Crippen molar-refractivity contribution in [3.8, 4) is 0 Å². The topological polar surface area (TPSA) is 0 Å². The molecule has 2 heteroatoms. The number of hydrogen-bond donors (Lipinski definition) is 0. The summed E-state index contributed by atoms with van der Waals surface area (Å²) in [5.41, 5.74) is 0. The van der Waals surface area contributed by atoms with E-state index in [1.165, 1.54) is 8.58 Å². The minimum atomic E-state index is 0. The molecule has 16 heavy (non-hydrogen) atoms. The molecular weight excluding hydrogens is 306 g/mol. The second kappa shape index (κ2) is 4.05. The Kier molecular flexibility index (Phi) is 3.07. The van der Waals surface area contributed by atoms with E-state index in [2.05, 4.69) is 0 Å². The molecule has 94 valence electrons. The third-order valence-corrected chi connectivity index (χ3v) is 8.48. The maximum Gasteiger partial charge on any atom is 0 e. The summed E-state index contributed by atoms with van der Waals surface area (Å²) in [5, 5.41) is 1.79. The summed E-state index contributed by atoms with van der Waals surface area (Å²) in [5.74, 6) is 2.32. The van der Waals surface area contributed by atoms with Crippen LogP contribution in [0.1, 0.15) is 64.2 Å². The van der Waals surface area contributed by atoms with Crippen LogP contribution in [0.3, 0.4) is 0 Å². The summed E-state index contributed by atoms with van der Waals surface area (Å²) in [7, 11) is 1.36. The molecular formula is C14H23PPd. The average Bonchev–Trinajstić information content (AvgIpc) is 2.95. The van der Waals surface area contributed by atoms with Gasteiger partial charge in [0.05, 0.1) is 0 Å². The van der Waals surface area contributed by atoms with Gasteiger partial charge in [-0.25, -0.2) is 0 Å². The van der Waals surface area contributed by atoms with E-state index >= 15 is 0 Å². The second-order valence-electron chi connectivity index (χ2n) is 6.98. The molecule has 0 spiro atoms. The van der Waals surface area contributed by atoms with Gasteiger partial charge in [-0.1, -0.05) is 0 Å². The van der Waals surface area contributed by atoms with Crippen LogP contribution in [-0.2, 0) is 20.4 Å². The summed E-state index contributed by atoms with van der Waals surface area (Å²) in [6.45, 7) is 0. The zero-order chi connectivity index (χ0) is 9.93. The summed E-state index contributed by atoms with van der Waals surface area (Å²) < 4.78 is 0. The molecule has 4 aliphatic carbocycles. The molecule has 4 bridgehead atoms. The molecule has 0 aromatic carbocycles. The van der Waals surface area contributed by atoms with Crippen molar-refractivity contribution in [1.29, 1.82) is 0 Å². The van der Waals surface area contributed by atoms with Gasteiger partial charge in [0.15, 0.2) is 0 Å². The smallest absolute Gasteiger partial charge is 0 e. The van der Waals surface area contributed by atoms with E-state index in [-0.39, 0.29) is 20.4 Å². The first-order valence-electron chi connectivity index (χ1n) is 7.07. The summed E-state index contributed by atoms with van der Waals surface area (Å²) in [6, 6.07) is 0. The molecule has 0 aromatic rings. The van der Waals surface area contributed by atoms with Gasteiger partial charge in [-0.15, -0.1) is 8.58 Å². The number of fused-ring (bicyclic) bond motifs is 4. The van der Waals surface area contributed by atoms with Gasteiger partial charge in [0.1, 0.15) is 0 Å². The minimum Gasteiger partial charge on any atom is -0.109 e. The molecule has 0 aromatic heterocycles. The van der Waals surface area contributed by atoms with Crippen LogP contribution < -0.4 is 0 Å². The Balaban J connectivity index is 0.000000810. The molecule has 4 fully saturated rings. The van der Waals surface area contributed by atoms with Crippen LogP contribution in [0.25, 0.3) is 0 Å². The normalized spacial score (nSPS) is 54.0. The number of rotatable bonds is 2. The van der Waals surface area contributed by atoms with Crippen molar-refractivity contribution in [2.75, 3.05) is 0 Å². The van der Waals surface area contributed by atoms with Gasteiger partial charge < -0.3 is 0 Å². The van der Waals surface area contributed by atoms with Gasteiger partial charge in [0, 0.05) is 20.4 Å². The average molecular weight is 329 g/mol. The fourth-order valence-electron chi connectivity index (χ4n) is 5.30. The van der Waals surface area contributed by atoms with E-state index < -0.39 is 0 Å². The Morgan fingerprint density at radius 1 is 0.688 bits per heavy atom. The zero-order valence-electron chi connectivity index (χ0n) is 10.0. The van der Waals surface area contributed by atoms with Gasteiger partial charge >= 0.3 is 0 Å². The van der Waals surface area contributed by atoms with Gasteiger partial charge in [0.25, 0.3) is 0 Å². The van der Waals surface area contributed by atoms with E-state index in [1.54, 1.807) is 64.2 Å². The Bertz CT molecular complexity index is 244. The van der Waals surface area contributed by atoms with Crippen LogP contribution in [0.4, 0.5) is 0 Å². The van der Waals surface area contributed by atoms with Gasteiger partial charge in [0.2, 0.25) is 0 Å². The van der Waals surface area contributed by atoms with Crippen molar-refractivity contribution in [2.45, 2.75) is 74.5 Å². The second-order valence-corrected chi connectivity index (χ2v) is 9.35. The molecule has 0 heterocycles. The van der Waals surface area contributed by atoms with Crippen molar-refractivity contribution < 1.29 is 20.4 Å². The summed E-state index contributed by atoms with van der Waals surface area (Å²) in [4.78, 5) is 0. The molecule has 0 aliphatic heterocycles. The van der Waals surface area contributed by atoms with Crippen molar-refractivity contribution in [1.82, 2.24) is 0 Å². The maximum absolute atomic E-state index is 1.64. The largest absolute Gasteiger partial charge is 0.109 e. The maximum atomic E-state index is 1.64. The van der Waals surface area contributed by atoms with E-state index in [1.807, 2.05) is 0 Å². The van der Waals surface area contributed by atoms with E-state index in [4.69, 9.17) is 0 Å². The molecule has 0 saturated heterocycles. The Morgan fingerprint density at radius 3 is 1.31 bits per heavy atom. The first-order valence-corrected chi connectivity index (χ1v) is 8.07.